The fourth-order valence-corrected chi connectivity index (χ4v) is 1.64. The van der Waals surface area contributed by atoms with E-state index in [4.69, 9.17) is 9.52 Å². The van der Waals surface area contributed by atoms with Gasteiger partial charge in [-0.25, -0.2) is 9.36 Å². The number of rotatable bonds is 3. The molecule has 2 rings (SSSR count). The van der Waals surface area contributed by atoms with Gasteiger partial charge in [-0.3, -0.25) is 14.6 Å². The molecule has 0 amide bonds. The molecule has 0 unspecified atom stereocenters. The first-order valence-corrected chi connectivity index (χ1v) is 5.10. The number of aromatic amines is 1. The highest BCUT2D eigenvalue weighted by molar-refractivity contribution is 5.96. The number of carbonyl (C=O) groups excluding carboxylic acids is 1. The molecular formula is C11H10N2O5. The number of hydrogen-bond acceptors (Lipinski definition) is 5. The van der Waals surface area contributed by atoms with Crippen molar-refractivity contribution in [2.75, 3.05) is 6.61 Å². The maximum Gasteiger partial charge on any atom is 0.335 e. The molecule has 0 saturated heterocycles. The minimum atomic E-state index is -0.801. The van der Waals surface area contributed by atoms with Crippen LogP contribution in [0.15, 0.2) is 32.4 Å². The summed E-state index contributed by atoms with van der Waals surface area (Å²) in [5, 5.41) is 8.91. The van der Waals surface area contributed by atoms with E-state index in [1.807, 2.05) is 0 Å². The van der Waals surface area contributed by atoms with Gasteiger partial charge in [-0.1, -0.05) is 0 Å². The van der Waals surface area contributed by atoms with Gasteiger partial charge in [-0.05, 0) is 13.0 Å². The van der Waals surface area contributed by atoms with Crippen molar-refractivity contribution in [3.63, 3.8) is 0 Å². The summed E-state index contributed by atoms with van der Waals surface area (Å²) in [4.78, 5) is 36.9. The van der Waals surface area contributed by atoms with Gasteiger partial charge in [0.15, 0.2) is 0 Å². The molecule has 0 spiro atoms. The monoisotopic (exact) mass is 250 g/mol. The Bertz CT molecular complexity index is 693. The lowest BCUT2D eigenvalue weighted by Gasteiger charge is -2.09. The molecule has 0 aliphatic heterocycles. The Kier molecular flexibility index (Phi) is 2.99. The third-order valence-electron chi connectivity index (χ3n) is 2.48. The molecule has 0 radical (unpaired) electrons. The van der Waals surface area contributed by atoms with Crippen molar-refractivity contribution in [2.24, 2.45) is 0 Å². The number of aliphatic hydroxyl groups is 1. The number of furan rings is 1. The number of Topliss-reactive ketones (excluding diaryl/α,β-unsaturated/α-hetero) is 1. The van der Waals surface area contributed by atoms with E-state index in [1.165, 1.54) is 25.3 Å². The number of carbonyl (C=O) groups is 1. The summed E-state index contributed by atoms with van der Waals surface area (Å²) in [5.74, 6) is -0.636. The zero-order valence-electron chi connectivity index (χ0n) is 9.47. The van der Waals surface area contributed by atoms with Gasteiger partial charge in [0.1, 0.15) is 12.3 Å². The van der Waals surface area contributed by atoms with E-state index < -0.39 is 23.6 Å². The Hall–Kier alpha value is -2.41. The van der Waals surface area contributed by atoms with Crippen LogP contribution in [0.25, 0.3) is 5.88 Å². The van der Waals surface area contributed by atoms with Gasteiger partial charge < -0.3 is 9.52 Å². The first-order chi connectivity index (χ1) is 8.56. The molecule has 2 N–H and O–H groups in total. The largest absolute Gasteiger partial charge is 0.448 e. The molecule has 2 aromatic rings. The SMILES string of the molecule is Cc1c(C(=O)CO)n(-c2ccco2)c(=O)[nH]c1=O. The van der Waals surface area contributed by atoms with Crippen LogP contribution < -0.4 is 11.2 Å². The molecule has 2 heterocycles. The molecular weight excluding hydrogens is 240 g/mol. The first kappa shape index (κ1) is 12.1. The highest BCUT2D eigenvalue weighted by Crippen LogP contribution is 2.10. The minimum Gasteiger partial charge on any atom is -0.448 e. The lowest BCUT2D eigenvalue weighted by molar-refractivity contribution is 0.0893. The molecule has 0 aromatic carbocycles. The predicted molar refractivity (Wildman–Crippen MR) is 61.1 cm³/mol. The minimum absolute atomic E-state index is 0.0463. The molecule has 0 bridgehead atoms. The van der Waals surface area contributed by atoms with Gasteiger partial charge in [0, 0.05) is 11.6 Å². The Morgan fingerprint density at radius 1 is 1.50 bits per heavy atom. The van der Waals surface area contributed by atoms with E-state index in [-0.39, 0.29) is 17.1 Å². The van der Waals surface area contributed by atoms with E-state index >= 15 is 0 Å². The van der Waals surface area contributed by atoms with Gasteiger partial charge in [-0.15, -0.1) is 0 Å². The number of nitrogens with one attached hydrogen (secondary N) is 1. The third kappa shape index (κ3) is 1.80. The normalized spacial score (nSPS) is 10.6. The van der Waals surface area contributed by atoms with E-state index in [2.05, 4.69) is 4.98 Å². The van der Waals surface area contributed by atoms with Crippen molar-refractivity contribution in [3.05, 3.63) is 50.5 Å². The second-order valence-corrected chi connectivity index (χ2v) is 3.60. The van der Waals surface area contributed by atoms with Crippen LogP contribution in [0.4, 0.5) is 0 Å². The van der Waals surface area contributed by atoms with E-state index in [0.717, 1.165) is 4.57 Å². The highest BCUT2D eigenvalue weighted by Gasteiger charge is 2.20. The molecule has 7 heteroatoms. The van der Waals surface area contributed by atoms with Crippen LogP contribution >= 0.6 is 0 Å². The van der Waals surface area contributed by atoms with Crippen molar-refractivity contribution in [2.45, 2.75) is 6.92 Å². The van der Waals surface area contributed by atoms with Crippen LogP contribution in [0.1, 0.15) is 16.1 Å². The van der Waals surface area contributed by atoms with Gasteiger partial charge in [-0.2, -0.15) is 0 Å². The maximum atomic E-state index is 11.7. The van der Waals surface area contributed by atoms with E-state index in [0.29, 0.717) is 0 Å². The number of H-pyrrole nitrogens is 1. The zero-order chi connectivity index (χ0) is 13.3. The van der Waals surface area contributed by atoms with Crippen molar-refractivity contribution in [1.29, 1.82) is 0 Å². The Labute approximate surface area is 100 Å². The molecule has 0 fully saturated rings. The summed E-state index contributed by atoms with van der Waals surface area (Å²) in [6.07, 6.45) is 1.33. The number of nitrogens with zero attached hydrogens (tertiary/aromatic N) is 1. The molecule has 0 aliphatic rings. The van der Waals surface area contributed by atoms with Gasteiger partial charge in [0.25, 0.3) is 5.56 Å². The number of aromatic nitrogens is 2. The molecule has 94 valence electrons. The summed E-state index contributed by atoms with van der Waals surface area (Å²) < 4.78 is 5.96. The fourth-order valence-electron chi connectivity index (χ4n) is 1.64. The molecule has 2 aromatic heterocycles. The van der Waals surface area contributed by atoms with E-state index in [1.54, 1.807) is 0 Å². The Morgan fingerprint density at radius 3 is 2.78 bits per heavy atom. The van der Waals surface area contributed by atoms with Crippen LogP contribution in [0.3, 0.4) is 0 Å². The lowest BCUT2D eigenvalue weighted by Crippen LogP contribution is -2.35. The summed E-state index contributed by atoms with van der Waals surface area (Å²) in [6.45, 7) is 0.588. The average molecular weight is 250 g/mol. The van der Waals surface area contributed by atoms with Crippen LogP contribution in [0.5, 0.6) is 0 Å². The predicted octanol–water partition coefficient (Wildman–Crippen LogP) is -0.398. The molecule has 0 aliphatic carbocycles. The van der Waals surface area contributed by atoms with Crippen LogP contribution in [-0.2, 0) is 0 Å². The first-order valence-electron chi connectivity index (χ1n) is 5.10. The van der Waals surface area contributed by atoms with Gasteiger partial charge in [0.2, 0.25) is 11.7 Å². The van der Waals surface area contributed by atoms with Crippen LogP contribution in [0.2, 0.25) is 0 Å². The summed E-state index contributed by atoms with van der Waals surface area (Å²) in [6, 6.07) is 3.00. The fraction of sp³-hybridized carbons (Fsp3) is 0.182. The van der Waals surface area contributed by atoms with Crippen LogP contribution in [-0.4, -0.2) is 27.0 Å². The van der Waals surface area contributed by atoms with Crippen molar-refractivity contribution in [1.82, 2.24) is 9.55 Å². The lowest BCUT2D eigenvalue weighted by atomic mass is 10.2. The number of aliphatic hydroxyl groups excluding tert-OH is 1. The molecule has 0 saturated carbocycles. The quantitative estimate of drug-likeness (QED) is 0.721. The average Bonchev–Trinajstić information content (AvgIpc) is 2.85. The van der Waals surface area contributed by atoms with Crippen molar-refractivity contribution < 1.29 is 14.3 Å². The smallest absolute Gasteiger partial charge is 0.335 e. The Morgan fingerprint density at radius 2 is 2.22 bits per heavy atom. The number of ketones is 1. The van der Waals surface area contributed by atoms with Crippen molar-refractivity contribution >= 4 is 5.78 Å². The molecule has 7 nitrogen and oxygen atoms in total. The summed E-state index contributed by atoms with van der Waals surface area (Å²) in [7, 11) is 0. The molecule has 18 heavy (non-hydrogen) atoms. The summed E-state index contributed by atoms with van der Waals surface area (Å²) >= 11 is 0. The van der Waals surface area contributed by atoms with Gasteiger partial charge in [0.05, 0.1) is 6.26 Å². The second kappa shape index (κ2) is 4.46. The van der Waals surface area contributed by atoms with Gasteiger partial charge >= 0.3 is 5.69 Å². The topological polar surface area (TPSA) is 105 Å². The number of hydrogen-bond donors (Lipinski definition) is 2. The van der Waals surface area contributed by atoms with Crippen LogP contribution in [0, 0.1) is 6.92 Å². The highest BCUT2D eigenvalue weighted by atomic mass is 16.3. The Balaban J connectivity index is 2.88. The maximum absolute atomic E-state index is 11.7. The second-order valence-electron chi connectivity index (χ2n) is 3.60. The molecule has 0 atom stereocenters. The van der Waals surface area contributed by atoms with Crippen molar-refractivity contribution in [3.8, 4) is 5.88 Å². The van der Waals surface area contributed by atoms with E-state index in [9.17, 15) is 14.4 Å². The third-order valence-corrected chi connectivity index (χ3v) is 2.48. The zero-order valence-corrected chi connectivity index (χ0v) is 9.47. The standard InChI is InChI=1S/C11H10N2O5/c1-6-9(7(15)5-14)13(8-3-2-4-18-8)11(17)12-10(6)16/h2-4,14H,5H2,1H3,(H,12,16,17). The summed E-state index contributed by atoms with van der Waals surface area (Å²) in [5.41, 5.74) is -1.59.